The van der Waals surface area contributed by atoms with Gasteiger partial charge in [0.15, 0.2) is 0 Å². The van der Waals surface area contributed by atoms with E-state index < -0.39 is 15.9 Å². The second kappa shape index (κ2) is 5.97. The van der Waals surface area contributed by atoms with Crippen LogP contribution in [-0.2, 0) is 19.6 Å². The fourth-order valence-corrected chi connectivity index (χ4v) is 1.95. The van der Waals surface area contributed by atoms with Crippen LogP contribution in [0.3, 0.4) is 0 Å². The van der Waals surface area contributed by atoms with Crippen molar-refractivity contribution in [3.05, 3.63) is 29.3 Å². The van der Waals surface area contributed by atoms with Crippen molar-refractivity contribution in [3.63, 3.8) is 0 Å². The molecule has 0 aliphatic carbocycles. The third-order valence-corrected chi connectivity index (χ3v) is 3.24. The molecule has 1 rings (SSSR count). The number of nitrogens with one attached hydrogen (secondary N) is 2. The first-order valence-corrected chi connectivity index (χ1v) is 6.37. The summed E-state index contributed by atoms with van der Waals surface area (Å²) in [5, 5.41) is 0.423. The maximum atomic E-state index is 11.6. The van der Waals surface area contributed by atoms with E-state index in [0.717, 1.165) is 0 Å². The lowest BCUT2D eigenvalue weighted by Crippen LogP contribution is -2.43. The summed E-state index contributed by atoms with van der Waals surface area (Å²) in [6.07, 6.45) is 0. The first kappa shape index (κ1) is 13.9. The Kier molecular flexibility index (Phi) is 4.88. The van der Waals surface area contributed by atoms with Crippen LogP contribution in [0.4, 0.5) is 0 Å². The van der Waals surface area contributed by atoms with Crippen molar-refractivity contribution in [2.45, 2.75) is 4.90 Å². The summed E-state index contributed by atoms with van der Waals surface area (Å²) in [5.74, 6) is -0.593. The molecule has 0 heterocycles. The molecule has 1 amide bonds. The van der Waals surface area contributed by atoms with E-state index >= 15 is 0 Å². The maximum absolute atomic E-state index is 11.6. The summed E-state index contributed by atoms with van der Waals surface area (Å²) in [6.45, 7) is -0.233. The molecule has 94 valence electrons. The van der Waals surface area contributed by atoms with E-state index in [1.54, 1.807) is 0 Å². The quantitative estimate of drug-likeness (QED) is 0.759. The minimum atomic E-state index is -3.79. The smallest absolute Gasteiger partial charge is 0.260 e. The van der Waals surface area contributed by atoms with Crippen LogP contribution in [0.2, 0.25) is 5.02 Å². The summed E-state index contributed by atoms with van der Waals surface area (Å²) in [6, 6.07) is 5.53. The molecule has 0 aliphatic rings. The average molecular weight is 279 g/mol. The zero-order chi connectivity index (χ0) is 12.9. The molecule has 2 N–H and O–H groups in total. The molecule has 8 heteroatoms. The van der Waals surface area contributed by atoms with Gasteiger partial charge in [-0.15, -0.1) is 4.83 Å². The summed E-state index contributed by atoms with van der Waals surface area (Å²) in [5.41, 5.74) is 2.00. The number of methoxy groups -OCH3 is 1. The Hall–Kier alpha value is -1.15. The van der Waals surface area contributed by atoms with Crippen molar-refractivity contribution < 1.29 is 17.9 Å². The van der Waals surface area contributed by atoms with Crippen molar-refractivity contribution in [2.75, 3.05) is 13.7 Å². The first-order chi connectivity index (χ1) is 7.95. The predicted molar refractivity (Wildman–Crippen MR) is 61.8 cm³/mol. The molecule has 0 bridgehead atoms. The Bertz CT molecular complexity index is 486. The normalized spacial score (nSPS) is 11.2. The molecule has 0 fully saturated rings. The standard InChI is InChI=1S/C9H11ClN2O4S/c1-16-6-9(13)11-12-17(14,15)8-4-2-7(10)3-5-8/h2-5,12H,6H2,1H3,(H,11,13). The second-order valence-corrected chi connectivity index (χ2v) is 5.16. The van der Waals surface area contributed by atoms with Crippen LogP contribution >= 0.6 is 11.6 Å². The molecule has 0 spiro atoms. The van der Waals surface area contributed by atoms with E-state index in [0.29, 0.717) is 5.02 Å². The molecule has 0 aromatic heterocycles. The number of hydrogen-bond donors (Lipinski definition) is 2. The van der Waals surface area contributed by atoms with Crippen LogP contribution in [-0.4, -0.2) is 28.0 Å². The van der Waals surface area contributed by atoms with Gasteiger partial charge in [-0.3, -0.25) is 10.2 Å². The molecular weight excluding hydrogens is 268 g/mol. The number of carbonyl (C=O) groups is 1. The number of halogens is 1. The van der Waals surface area contributed by atoms with Crippen LogP contribution in [0.15, 0.2) is 29.2 Å². The van der Waals surface area contributed by atoms with Crippen molar-refractivity contribution in [2.24, 2.45) is 0 Å². The molecule has 0 radical (unpaired) electrons. The number of rotatable bonds is 5. The highest BCUT2D eigenvalue weighted by Gasteiger charge is 2.14. The third-order valence-electron chi connectivity index (χ3n) is 1.72. The predicted octanol–water partition coefficient (Wildman–Crippen LogP) is 0.296. The van der Waals surface area contributed by atoms with Gasteiger partial charge in [0.1, 0.15) is 6.61 Å². The third kappa shape index (κ3) is 4.31. The van der Waals surface area contributed by atoms with Gasteiger partial charge in [0.05, 0.1) is 4.90 Å². The molecule has 0 saturated carbocycles. The van der Waals surface area contributed by atoms with Crippen molar-refractivity contribution in [3.8, 4) is 0 Å². The monoisotopic (exact) mass is 278 g/mol. The minimum Gasteiger partial charge on any atom is -0.375 e. The molecule has 1 aromatic carbocycles. The van der Waals surface area contributed by atoms with Crippen LogP contribution in [0, 0.1) is 0 Å². The van der Waals surface area contributed by atoms with E-state index in [2.05, 4.69) is 4.74 Å². The van der Waals surface area contributed by atoms with Gasteiger partial charge < -0.3 is 4.74 Å². The highest BCUT2D eigenvalue weighted by molar-refractivity contribution is 7.89. The summed E-state index contributed by atoms with van der Waals surface area (Å²) >= 11 is 5.63. The van der Waals surface area contributed by atoms with Gasteiger partial charge in [-0.25, -0.2) is 8.42 Å². The maximum Gasteiger partial charge on any atom is 0.260 e. The average Bonchev–Trinajstić information content (AvgIpc) is 2.28. The van der Waals surface area contributed by atoms with Crippen LogP contribution < -0.4 is 10.3 Å². The van der Waals surface area contributed by atoms with Crippen LogP contribution in [0.1, 0.15) is 0 Å². The summed E-state index contributed by atoms with van der Waals surface area (Å²) in [4.78, 5) is 12.9. The molecule has 17 heavy (non-hydrogen) atoms. The van der Waals surface area contributed by atoms with Gasteiger partial charge >= 0.3 is 0 Å². The highest BCUT2D eigenvalue weighted by Crippen LogP contribution is 2.13. The van der Waals surface area contributed by atoms with Gasteiger partial charge in [0.2, 0.25) is 0 Å². The Morgan fingerprint density at radius 1 is 1.35 bits per heavy atom. The Morgan fingerprint density at radius 3 is 2.47 bits per heavy atom. The lowest BCUT2D eigenvalue weighted by Gasteiger charge is -2.07. The molecule has 0 atom stereocenters. The Labute approximate surface area is 104 Å². The van der Waals surface area contributed by atoms with Gasteiger partial charge in [0.25, 0.3) is 15.9 Å². The highest BCUT2D eigenvalue weighted by atomic mass is 35.5. The number of carbonyl (C=O) groups excluding carboxylic acids is 1. The van der Waals surface area contributed by atoms with Gasteiger partial charge in [0, 0.05) is 12.1 Å². The summed E-state index contributed by atoms with van der Waals surface area (Å²) in [7, 11) is -2.46. The number of sulfonamides is 1. The largest absolute Gasteiger partial charge is 0.375 e. The molecule has 0 unspecified atom stereocenters. The van der Waals surface area contributed by atoms with Gasteiger partial charge in [-0.1, -0.05) is 11.6 Å². The minimum absolute atomic E-state index is 0.000355. The topological polar surface area (TPSA) is 84.5 Å². The van der Waals surface area contributed by atoms with Crippen LogP contribution in [0.5, 0.6) is 0 Å². The molecule has 6 nitrogen and oxygen atoms in total. The Morgan fingerprint density at radius 2 is 1.94 bits per heavy atom. The van der Waals surface area contributed by atoms with Crippen molar-refractivity contribution >= 4 is 27.5 Å². The molecule has 1 aromatic rings. The van der Waals surface area contributed by atoms with E-state index in [-0.39, 0.29) is 11.5 Å². The fourth-order valence-electron chi connectivity index (χ4n) is 0.964. The number of benzene rings is 1. The van der Waals surface area contributed by atoms with E-state index in [9.17, 15) is 13.2 Å². The zero-order valence-corrected chi connectivity index (χ0v) is 10.5. The lowest BCUT2D eigenvalue weighted by atomic mass is 10.4. The molecule has 0 aliphatic heterocycles. The Balaban J connectivity index is 2.69. The first-order valence-electron chi connectivity index (χ1n) is 4.51. The van der Waals surface area contributed by atoms with E-state index in [1.807, 2.05) is 10.3 Å². The zero-order valence-electron chi connectivity index (χ0n) is 8.94. The number of amides is 1. The molecule has 0 saturated heterocycles. The number of hydrazine groups is 1. The molecular formula is C9H11ClN2O4S. The van der Waals surface area contributed by atoms with Crippen molar-refractivity contribution in [1.29, 1.82) is 0 Å². The fraction of sp³-hybridized carbons (Fsp3) is 0.222. The van der Waals surface area contributed by atoms with Crippen LogP contribution in [0.25, 0.3) is 0 Å². The SMILES string of the molecule is COCC(=O)NNS(=O)(=O)c1ccc(Cl)cc1. The van der Waals surface area contributed by atoms with Gasteiger partial charge in [-0.05, 0) is 24.3 Å². The number of hydrogen-bond acceptors (Lipinski definition) is 4. The number of ether oxygens (including phenoxy) is 1. The summed E-state index contributed by atoms with van der Waals surface area (Å²) < 4.78 is 27.8. The van der Waals surface area contributed by atoms with E-state index in [1.165, 1.54) is 31.4 Å². The lowest BCUT2D eigenvalue weighted by molar-refractivity contribution is -0.125. The van der Waals surface area contributed by atoms with Crippen molar-refractivity contribution in [1.82, 2.24) is 10.3 Å². The van der Waals surface area contributed by atoms with E-state index in [4.69, 9.17) is 11.6 Å². The van der Waals surface area contributed by atoms with Gasteiger partial charge in [-0.2, -0.15) is 0 Å². The second-order valence-electron chi connectivity index (χ2n) is 3.04.